The summed E-state index contributed by atoms with van der Waals surface area (Å²) in [6, 6.07) is 66.6. The summed E-state index contributed by atoms with van der Waals surface area (Å²) in [7, 11) is 3.26. The molecule has 20 heteroatoms. The first-order valence-corrected chi connectivity index (χ1v) is 42.5. The molecule has 0 atom stereocenters. The van der Waals surface area contributed by atoms with Crippen LogP contribution >= 0.6 is 27.5 Å². The summed E-state index contributed by atoms with van der Waals surface area (Å²) in [4.78, 5) is 11.8. The van der Waals surface area contributed by atoms with Gasteiger partial charge in [0, 0.05) is 115 Å². The average molecular weight is 1770 g/mol. The van der Waals surface area contributed by atoms with Crippen LogP contribution in [0.2, 0.25) is 5.02 Å². The Hall–Kier alpha value is -12.6. The number of methoxy groups -OCH3 is 2. The molecule has 0 N–H and O–H groups in total. The molecule has 0 aliphatic rings. The fourth-order valence-corrected chi connectivity index (χ4v) is 13.9. The minimum atomic E-state index is -0.776. The standard InChI is InChI=1S/C19H18O5.C12H14O2.C11H11FO.2C11H12O.C10H9BrO.C10H9ClO.C10H8F2O.C10H9FO/c1-12-4-6-15(7-5-12)24-19(20)22-11-16-10-14-8-13(2)9-17(21-3)18(14)23-16;1-4-10-7-9-5-8(2)6-11(13-3)12(9)14-10;1-3-10-6-8-5-9(12)4-7(2)11(8)13-10;2*1-3-10-7-9-6-8(2)4-5-11(9)12-10;2*1-2-9-6-7-5-8(11)3-4-10(7)12-9;1-2-8-4-6-3-7(11)5-9(12)10(6)13-8;1-2-9-6-7-5-8(11)3-4-10(7)12-9/h4-10H,11H2,1-3H3;5-7H,4H2,1-3H3;4-6H,3H2,1-2H3;2*4-7H,3H2,1-2H3;2*3-6H,2H2,1H3;3-5H,2H2,1H3;3-6H,2H2,1H3. The van der Waals surface area contributed by atoms with E-state index in [-0.39, 0.29) is 23.8 Å². The molecule has 0 amide bonds. The number of carbonyl (C=O) groups is 1. The predicted octanol–water partition coefficient (Wildman–Crippen LogP) is 32.0. The number of hydrogen-bond acceptors (Lipinski definition) is 14. The lowest BCUT2D eigenvalue weighted by Gasteiger charge is -2.04. The van der Waals surface area contributed by atoms with Crippen LogP contribution in [0.25, 0.3) is 98.7 Å². The number of rotatable bonds is 13. The maximum atomic E-state index is 13.1. The van der Waals surface area contributed by atoms with E-state index in [1.54, 1.807) is 38.5 Å². The molecule has 0 aliphatic carbocycles. The van der Waals surface area contributed by atoms with Gasteiger partial charge in [0.15, 0.2) is 40.7 Å². The van der Waals surface area contributed by atoms with Gasteiger partial charge in [0.25, 0.3) is 0 Å². The van der Waals surface area contributed by atoms with E-state index in [0.29, 0.717) is 40.4 Å². The lowest BCUT2D eigenvalue weighted by molar-refractivity contribution is 0.0868. The number of benzene rings is 10. The molecule has 0 spiro atoms. The van der Waals surface area contributed by atoms with Gasteiger partial charge in [0.2, 0.25) is 0 Å². The third kappa shape index (κ3) is 24.9. The van der Waals surface area contributed by atoms with Crippen molar-refractivity contribution < 1.29 is 81.1 Å². The highest BCUT2D eigenvalue weighted by atomic mass is 79.9. The zero-order valence-electron chi connectivity index (χ0n) is 72.6. The molecule has 10 aromatic carbocycles. The van der Waals surface area contributed by atoms with Crippen molar-refractivity contribution in [3.63, 3.8) is 0 Å². The number of halogens is 6. The SMILES string of the molecule is CCc1cc2cc(Br)ccc2o1.CCc1cc2cc(C)cc(OC)c2o1.CCc1cc2cc(C)ccc2o1.CCc1cc2cc(C)ccc2o1.CCc1cc2cc(Cl)ccc2o1.CCc1cc2cc(F)cc(C)c2o1.CCc1cc2cc(F)cc(F)c2o1.CCc1cc2cc(F)ccc2o1.COc1cc(C)cc2cc(COC(=O)Oc3ccc(C)cc3)oc12. The monoisotopic (exact) mass is 1760 g/mol. The highest BCUT2D eigenvalue weighted by Crippen LogP contribution is 2.35. The number of fused-ring (bicyclic) bond motifs is 9. The summed E-state index contributed by atoms with van der Waals surface area (Å²) in [6.07, 6.45) is 6.31. The van der Waals surface area contributed by atoms with Crippen molar-refractivity contribution in [2.24, 2.45) is 0 Å². The van der Waals surface area contributed by atoms with E-state index in [2.05, 4.69) is 132 Å². The van der Waals surface area contributed by atoms with Crippen LogP contribution in [0.5, 0.6) is 17.2 Å². The molecule has 124 heavy (non-hydrogen) atoms. The molecule has 19 rings (SSSR count). The quantitative estimate of drug-likeness (QED) is 0.0606. The third-order valence-corrected chi connectivity index (χ3v) is 20.5. The van der Waals surface area contributed by atoms with Crippen LogP contribution in [0.15, 0.2) is 263 Å². The highest BCUT2D eigenvalue weighted by Gasteiger charge is 2.16. The number of hydrogen-bond donors (Lipinski definition) is 0. The van der Waals surface area contributed by atoms with Gasteiger partial charge in [-0.2, -0.15) is 0 Å². The first kappa shape index (κ1) is 92.1. The second-order valence-corrected chi connectivity index (χ2v) is 30.9. The maximum absolute atomic E-state index is 13.1. The molecular weight excluding hydrogens is 1660 g/mol. The van der Waals surface area contributed by atoms with Crippen LogP contribution in [-0.2, 0) is 62.7 Å². The van der Waals surface area contributed by atoms with E-state index < -0.39 is 17.8 Å². The van der Waals surface area contributed by atoms with Crippen molar-refractivity contribution in [2.45, 2.75) is 155 Å². The second kappa shape index (κ2) is 43.5. The second-order valence-electron chi connectivity index (χ2n) is 29.5. The van der Waals surface area contributed by atoms with E-state index in [1.165, 1.54) is 63.2 Å². The summed E-state index contributed by atoms with van der Waals surface area (Å²) in [5.41, 5.74) is 13.8. The normalized spacial score (nSPS) is 10.8. The molecule has 9 aromatic heterocycles. The lowest BCUT2D eigenvalue weighted by Crippen LogP contribution is -2.10. The minimum absolute atomic E-state index is 0.0123. The predicted molar refractivity (Wildman–Crippen MR) is 492 cm³/mol. The van der Waals surface area contributed by atoms with Gasteiger partial charge in [-0.25, -0.2) is 22.4 Å². The van der Waals surface area contributed by atoms with Gasteiger partial charge in [-0.05, 0) is 246 Å². The maximum Gasteiger partial charge on any atom is 0.514 e. The number of aryl methyl sites for hydroxylation is 14. The average Bonchev–Trinajstić information content (AvgIpc) is 1.66. The Labute approximate surface area is 731 Å². The van der Waals surface area contributed by atoms with E-state index >= 15 is 0 Å². The largest absolute Gasteiger partial charge is 0.514 e. The Morgan fingerprint density at radius 1 is 0.315 bits per heavy atom. The van der Waals surface area contributed by atoms with E-state index in [1.807, 2.05) is 139 Å². The van der Waals surface area contributed by atoms with Gasteiger partial charge in [-0.1, -0.05) is 124 Å². The smallest absolute Gasteiger partial charge is 0.493 e. The molecule has 9 heterocycles. The van der Waals surface area contributed by atoms with E-state index in [4.69, 9.17) is 70.3 Å². The zero-order chi connectivity index (χ0) is 88.8. The van der Waals surface area contributed by atoms with Crippen LogP contribution in [0, 0.1) is 64.8 Å². The van der Waals surface area contributed by atoms with Gasteiger partial charge in [-0.15, -0.1) is 0 Å². The molecule has 0 saturated carbocycles. The molecule has 0 saturated heterocycles. The summed E-state index contributed by atoms with van der Waals surface area (Å²) >= 11 is 9.25. The Kier molecular flexibility index (Phi) is 32.3. The first-order valence-electron chi connectivity index (χ1n) is 41.3. The van der Waals surface area contributed by atoms with Gasteiger partial charge in [-0.3, -0.25) is 0 Å². The highest BCUT2D eigenvalue weighted by molar-refractivity contribution is 9.10. The van der Waals surface area contributed by atoms with Crippen molar-refractivity contribution in [1.29, 1.82) is 0 Å². The van der Waals surface area contributed by atoms with Gasteiger partial charge >= 0.3 is 6.16 Å². The van der Waals surface area contributed by atoms with E-state index in [0.717, 1.165) is 189 Å². The third-order valence-electron chi connectivity index (χ3n) is 19.8. The fraction of sp³-hybridized carbons (Fsp3) is 0.240. The van der Waals surface area contributed by atoms with Crippen LogP contribution < -0.4 is 14.2 Å². The Bertz CT molecular complexity index is 6210. The molecule has 0 radical (unpaired) electrons. The lowest BCUT2D eigenvalue weighted by atomic mass is 10.1. The first-order chi connectivity index (χ1) is 59.7. The molecule has 19 aromatic rings. The minimum Gasteiger partial charge on any atom is -0.493 e. The summed E-state index contributed by atoms with van der Waals surface area (Å²) < 4.78 is 123. The number of furan rings is 9. The van der Waals surface area contributed by atoms with Crippen molar-refractivity contribution in [2.75, 3.05) is 14.2 Å². The zero-order valence-corrected chi connectivity index (χ0v) is 75.0. The van der Waals surface area contributed by atoms with E-state index in [9.17, 15) is 22.4 Å². The topological polar surface area (TPSA) is 172 Å². The molecule has 0 fully saturated rings. The molecule has 644 valence electrons. The fourth-order valence-electron chi connectivity index (χ4n) is 13.4. The Morgan fingerprint density at radius 3 is 1.10 bits per heavy atom. The van der Waals surface area contributed by atoms with Crippen molar-refractivity contribution in [1.82, 2.24) is 0 Å². The van der Waals surface area contributed by atoms with Crippen molar-refractivity contribution >= 4 is 132 Å². The van der Waals surface area contributed by atoms with Crippen molar-refractivity contribution in [3.8, 4) is 17.2 Å². The van der Waals surface area contributed by atoms with Gasteiger partial charge in [0.1, 0.15) is 109 Å². The van der Waals surface area contributed by atoms with Gasteiger partial charge < -0.3 is 58.7 Å². The van der Waals surface area contributed by atoms with Crippen molar-refractivity contribution in [3.05, 3.63) is 336 Å². The van der Waals surface area contributed by atoms with Crippen LogP contribution in [-0.4, -0.2) is 20.4 Å². The molecule has 0 bridgehead atoms. The van der Waals surface area contributed by atoms with Crippen LogP contribution in [0.3, 0.4) is 0 Å². The number of carbonyl (C=O) groups excluding carboxylic acids is 1. The molecule has 14 nitrogen and oxygen atoms in total. The van der Waals surface area contributed by atoms with Gasteiger partial charge in [0.05, 0.1) is 14.2 Å². The molecule has 0 unspecified atom stereocenters. The summed E-state index contributed by atoms with van der Waals surface area (Å²) in [6.45, 7) is 28.4. The van der Waals surface area contributed by atoms with Crippen LogP contribution in [0.4, 0.5) is 22.4 Å². The molecule has 0 aliphatic heterocycles. The van der Waals surface area contributed by atoms with Crippen LogP contribution in [0.1, 0.15) is 141 Å². The summed E-state index contributed by atoms with van der Waals surface area (Å²) in [5, 5.41) is 9.64. The molecular formula is C104H102BrClF4O14. The Morgan fingerprint density at radius 2 is 0.645 bits per heavy atom. The Balaban J connectivity index is 0.000000137. The number of ether oxygens (including phenoxy) is 4. The summed E-state index contributed by atoms with van der Waals surface area (Å²) in [5.74, 6) is 8.45.